The highest BCUT2D eigenvalue weighted by Gasteiger charge is 2.46. The van der Waals surface area contributed by atoms with E-state index in [0.717, 1.165) is 0 Å². The molecule has 2 aromatic heterocycles. The molecule has 4 heterocycles. The van der Waals surface area contributed by atoms with E-state index >= 15 is 0 Å². The molecule has 0 bridgehead atoms. The van der Waals surface area contributed by atoms with Crippen LogP contribution in [0.15, 0.2) is 54.7 Å². The summed E-state index contributed by atoms with van der Waals surface area (Å²) in [6.45, 7) is 3.28. The van der Waals surface area contributed by atoms with Crippen molar-refractivity contribution < 1.29 is 32.2 Å². The lowest BCUT2D eigenvalue weighted by atomic mass is 9.76. The average Bonchev–Trinajstić information content (AvgIpc) is 3.63. The average molecular weight is 660 g/mol. The molecule has 4 N–H and O–H groups in total. The SMILES string of the molecule is Cc1ccn(-c2cc(-c3ccc(Cl)c(F)c3)ccc2C(Oc2cc(N3CCC4(CC3)CNC(C(=O)O)C4)nc(N)n2)C(F)(F)F)n1. The number of carbonyl (C=O) groups is 1. The molecule has 2 aliphatic rings. The number of piperidine rings is 1. The number of rotatable bonds is 7. The third-order valence-electron chi connectivity index (χ3n) is 8.58. The van der Waals surface area contributed by atoms with E-state index in [9.17, 15) is 27.5 Å². The van der Waals surface area contributed by atoms with Crippen LogP contribution >= 0.6 is 11.6 Å². The maximum absolute atomic E-state index is 14.8. The first-order valence-corrected chi connectivity index (χ1v) is 14.9. The van der Waals surface area contributed by atoms with Crippen molar-refractivity contribution in [3.05, 3.63) is 76.8 Å². The number of aliphatic carboxylic acids is 1. The zero-order valence-corrected chi connectivity index (χ0v) is 25.3. The standard InChI is InChI=1S/C31H30ClF4N7O3/c1-17-6-9-43(41-17)24-13-19(18-3-5-21(32)22(33)12-18)2-4-20(24)27(31(34,35)36)46-26-14-25(39-29(37)40-26)42-10-7-30(8-11-42)15-23(28(44)45)38-16-30/h2-6,9,12-14,23,27,38H,7-8,10-11,15-16H2,1H3,(H,44,45)(H2,37,39,40). The summed E-state index contributed by atoms with van der Waals surface area (Å²) < 4.78 is 65.5. The van der Waals surface area contributed by atoms with Crippen molar-refractivity contribution in [1.29, 1.82) is 0 Å². The molecule has 2 aromatic carbocycles. The lowest BCUT2D eigenvalue weighted by Gasteiger charge is -2.39. The Labute approximate surface area is 266 Å². The number of nitrogens with two attached hydrogens (primary N) is 1. The number of hydrogen-bond acceptors (Lipinski definition) is 8. The Hall–Kier alpha value is -4.43. The van der Waals surface area contributed by atoms with E-state index in [4.69, 9.17) is 22.1 Å². The maximum Gasteiger partial charge on any atom is 0.429 e. The summed E-state index contributed by atoms with van der Waals surface area (Å²) in [5.74, 6) is -1.87. The second-order valence-corrected chi connectivity index (χ2v) is 12.1. The van der Waals surface area contributed by atoms with Gasteiger partial charge in [-0.1, -0.05) is 29.8 Å². The minimum atomic E-state index is -4.89. The van der Waals surface area contributed by atoms with Crippen molar-refractivity contribution in [1.82, 2.24) is 25.1 Å². The number of anilines is 2. The second kappa shape index (κ2) is 12.1. The molecule has 2 unspecified atom stereocenters. The fourth-order valence-electron chi connectivity index (χ4n) is 6.13. The van der Waals surface area contributed by atoms with Gasteiger partial charge < -0.3 is 25.8 Å². The summed E-state index contributed by atoms with van der Waals surface area (Å²) in [6.07, 6.45) is -3.99. The van der Waals surface area contributed by atoms with Crippen LogP contribution in [0.2, 0.25) is 5.02 Å². The van der Waals surface area contributed by atoms with Gasteiger partial charge in [0.25, 0.3) is 0 Å². The van der Waals surface area contributed by atoms with Crippen LogP contribution in [0.25, 0.3) is 16.8 Å². The topological polar surface area (TPSA) is 131 Å². The van der Waals surface area contributed by atoms with Crippen molar-refractivity contribution in [3.8, 4) is 22.7 Å². The van der Waals surface area contributed by atoms with Gasteiger partial charge in [-0.3, -0.25) is 4.79 Å². The number of carboxylic acids is 1. The number of alkyl halides is 3. The number of ether oxygens (including phenoxy) is 1. The van der Waals surface area contributed by atoms with Crippen LogP contribution in [-0.2, 0) is 4.79 Å². The molecule has 10 nitrogen and oxygen atoms in total. The molecule has 0 aliphatic carbocycles. The Bertz CT molecular complexity index is 1780. The Kier molecular flexibility index (Phi) is 8.27. The number of nitrogen functional groups attached to an aromatic ring is 1. The largest absolute Gasteiger partial charge is 0.480 e. The molecule has 6 rings (SSSR count). The minimum absolute atomic E-state index is 0.0664. The Morgan fingerprint density at radius 1 is 1.13 bits per heavy atom. The van der Waals surface area contributed by atoms with E-state index in [1.165, 1.54) is 47.3 Å². The summed E-state index contributed by atoms with van der Waals surface area (Å²) >= 11 is 5.83. The van der Waals surface area contributed by atoms with Crippen molar-refractivity contribution in [2.24, 2.45) is 5.41 Å². The number of halogens is 5. The van der Waals surface area contributed by atoms with E-state index in [2.05, 4.69) is 20.4 Å². The highest BCUT2D eigenvalue weighted by molar-refractivity contribution is 6.30. The van der Waals surface area contributed by atoms with E-state index in [1.54, 1.807) is 19.1 Å². The van der Waals surface area contributed by atoms with Crippen LogP contribution in [0.1, 0.15) is 36.6 Å². The Morgan fingerprint density at radius 3 is 2.48 bits per heavy atom. The van der Waals surface area contributed by atoms with Crippen LogP contribution in [0, 0.1) is 18.2 Å². The van der Waals surface area contributed by atoms with Crippen LogP contribution in [0.3, 0.4) is 0 Å². The smallest absolute Gasteiger partial charge is 0.429 e. The highest BCUT2D eigenvalue weighted by Crippen LogP contribution is 2.43. The van der Waals surface area contributed by atoms with Gasteiger partial charge in [-0.15, -0.1) is 0 Å². The summed E-state index contributed by atoms with van der Waals surface area (Å²) in [5.41, 5.74) is 7.00. The van der Waals surface area contributed by atoms with Crippen molar-refractivity contribution in [3.63, 3.8) is 0 Å². The molecule has 2 fully saturated rings. The Balaban J connectivity index is 1.31. The number of aromatic nitrogens is 4. The van der Waals surface area contributed by atoms with Gasteiger partial charge in [0.05, 0.1) is 16.4 Å². The molecular formula is C31H30ClF4N7O3. The lowest BCUT2D eigenvalue weighted by Crippen LogP contribution is -2.41. The molecule has 15 heteroatoms. The van der Waals surface area contributed by atoms with Gasteiger partial charge in [0.1, 0.15) is 17.7 Å². The first-order valence-electron chi connectivity index (χ1n) is 14.5. The molecule has 2 atom stereocenters. The van der Waals surface area contributed by atoms with E-state index in [0.29, 0.717) is 61.5 Å². The van der Waals surface area contributed by atoms with Crippen LogP contribution in [0.5, 0.6) is 5.88 Å². The quantitative estimate of drug-likeness (QED) is 0.213. The highest BCUT2D eigenvalue weighted by atomic mass is 35.5. The Morgan fingerprint density at radius 2 is 1.85 bits per heavy atom. The van der Waals surface area contributed by atoms with Crippen molar-refractivity contribution in [2.75, 3.05) is 30.3 Å². The summed E-state index contributed by atoms with van der Waals surface area (Å²) in [7, 11) is 0. The number of nitrogens with one attached hydrogen (secondary N) is 1. The summed E-state index contributed by atoms with van der Waals surface area (Å²) in [5, 5.41) is 16.7. The summed E-state index contributed by atoms with van der Waals surface area (Å²) in [4.78, 5) is 21.5. The fourth-order valence-corrected chi connectivity index (χ4v) is 6.25. The molecule has 46 heavy (non-hydrogen) atoms. The number of carboxylic acid groups (broad SMARTS) is 1. The van der Waals surface area contributed by atoms with Crippen molar-refractivity contribution in [2.45, 2.75) is 44.5 Å². The van der Waals surface area contributed by atoms with Crippen LogP contribution in [-0.4, -0.2) is 62.7 Å². The van der Waals surface area contributed by atoms with Gasteiger partial charge in [0, 0.05) is 37.5 Å². The molecule has 1 spiro atoms. The predicted molar refractivity (Wildman–Crippen MR) is 162 cm³/mol. The van der Waals surface area contributed by atoms with Gasteiger partial charge in [-0.2, -0.15) is 28.2 Å². The van der Waals surface area contributed by atoms with E-state index in [-0.39, 0.29) is 33.5 Å². The first-order chi connectivity index (χ1) is 21.8. The molecular weight excluding hydrogens is 630 g/mol. The van der Waals surface area contributed by atoms with E-state index < -0.39 is 30.1 Å². The van der Waals surface area contributed by atoms with Crippen LogP contribution in [0.4, 0.5) is 29.3 Å². The number of hydrogen-bond donors (Lipinski definition) is 3. The molecule has 0 saturated carbocycles. The molecule has 242 valence electrons. The molecule has 2 aliphatic heterocycles. The number of benzene rings is 2. The maximum atomic E-state index is 14.8. The van der Waals surface area contributed by atoms with Gasteiger partial charge >= 0.3 is 12.1 Å². The zero-order chi connectivity index (χ0) is 32.8. The normalized spacial score (nSPS) is 18.6. The number of aryl methyl sites for hydroxylation is 1. The van der Waals surface area contributed by atoms with E-state index in [1.807, 2.05) is 4.90 Å². The van der Waals surface area contributed by atoms with Gasteiger partial charge in [-0.05, 0) is 67.0 Å². The summed E-state index contributed by atoms with van der Waals surface area (Å²) in [6, 6.07) is 10.7. The monoisotopic (exact) mass is 659 g/mol. The fraction of sp³-hybridized carbons (Fsp3) is 0.355. The van der Waals surface area contributed by atoms with Gasteiger partial charge in [0.15, 0.2) is 0 Å². The molecule has 0 radical (unpaired) electrons. The van der Waals surface area contributed by atoms with Gasteiger partial charge in [0.2, 0.25) is 17.9 Å². The second-order valence-electron chi connectivity index (χ2n) is 11.7. The number of nitrogens with zero attached hydrogens (tertiary/aromatic N) is 5. The van der Waals surface area contributed by atoms with Crippen molar-refractivity contribution >= 4 is 29.3 Å². The first kappa shape index (κ1) is 31.5. The third kappa shape index (κ3) is 6.44. The van der Waals surface area contributed by atoms with Gasteiger partial charge in [-0.25, -0.2) is 9.07 Å². The predicted octanol–water partition coefficient (Wildman–Crippen LogP) is 5.73. The molecule has 0 amide bonds. The molecule has 4 aromatic rings. The minimum Gasteiger partial charge on any atom is -0.480 e. The lowest BCUT2D eigenvalue weighted by molar-refractivity contribution is -0.198. The molecule has 2 saturated heterocycles. The van der Waals surface area contributed by atoms with Crippen LogP contribution < -0.4 is 20.7 Å². The third-order valence-corrected chi connectivity index (χ3v) is 8.89. The zero-order valence-electron chi connectivity index (χ0n) is 24.6.